The van der Waals surface area contributed by atoms with Crippen LogP contribution in [-0.4, -0.2) is 23.8 Å². The summed E-state index contributed by atoms with van der Waals surface area (Å²) in [6.07, 6.45) is 3.92. The lowest BCUT2D eigenvalue weighted by Crippen LogP contribution is -2.34. The molecular formula is C10H14N2O3. The van der Waals surface area contributed by atoms with Crippen molar-refractivity contribution in [3.8, 4) is 0 Å². The molecule has 2 aliphatic rings. The second-order valence-electron chi connectivity index (χ2n) is 4.16. The molecule has 3 amide bonds. The average Bonchev–Trinajstić information content (AvgIpc) is 2.49. The van der Waals surface area contributed by atoms with Gasteiger partial charge in [0.25, 0.3) is 5.91 Å². The number of rotatable bonds is 2. The molecule has 2 rings (SSSR count). The number of hydrogen-bond acceptors (Lipinski definition) is 3. The van der Waals surface area contributed by atoms with Crippen molar-refractivity contribution >= 4 is 17.7 Å². The van der Waals surface area contributed by atoms with Crippen LogP contribution in [0.25, 0.3) is 0 Å². The topological polar surface area (TPSA) is 75.3 Å². The quantitative estimate of drug-likeness (QED) is 0.645. The molecule has 1 heterocycles. The van der Waals surface area contributed by atoms with Crippen LogP contribution in [0.5, 0.6) is 0 Å². The Kier molecular flexibility index (Phi) is 2.70. The van der Waals surface area contributed by atoms with Crippen molar-refractivity contribution < 1.29 is 14.4 Å². The highest BCUT2D eigenvalue weighted by molar-refractivity contribution is 6.04. The first-order valence-electron chi connectivity index (χ1n) is 5.31. The molecule has 2 unspecified atom stereocenters. The van der Waals surface area contributed by atoms with Crippen molar-refractivity contribution in [3.05, 3.63) is 0 Å². The lowest BCUT2D eigenvalue weighted by Gasteiger charge is -2.21. The molecule has 15 heavy (non-hydrogen) atoms. The Labute approximate surface area is 87.6 Å². The number of nitrogens with one attached hydrogen (secondary N) is 2. The standard InChI is InChI=1S/C10H14N2O3/c13-8-4-2-1-3-6(8)5-7-9(14)12-10(15)11-7/h6-7H,1-5H2,(H2,11,12,14,15). The van der Waals surface area contributed by atoms with E-state index in [0.29, 0.717) is 12.8 Å². The Balaban J connectivity index is 1.93. The number of imide groups is 1. The molecule has 1 aliphatic heterocycles. The SMILES string of the molecule is O=C1NC(=O)C(CC2CCCCC2=O)N1. The molecule has 1 saturated heterocycles. The zero-order valence-corrected chi connectivity index (χ0v) is 8.41. The highest BCUT2D eigenvalue weighted by Gasteiger charge is 2.34. The van der Waals surface area contributed by atoms with Crippen LogP contribution in [0.15, 0.2) is 0 Å². The number of ketones is 1. The molecule has 1 aliphatic carbocycles. The number of carbonyl (C=O) groups is 3. The Hall–Kier alpha value is -1.39. The number of urea groups is 1. The van der Waals surface area contributed by atoms with E-state index in [1.165, 1.54) is 0 Å². The predicted octanol–water partition coefficient (Wildman–Crippen LogP) is 0.344. The molecule has 2 fully saturated rings. The lowest BCUT2D eigenvalue weighted by molar-refractivity contribution is -0.125. The van der Waals surface area contributed by atoms with Gasteiger partial charge in [-0.05, 0) is 19.3 Å². The van der Waals surface area contributed by atoms with E-state index in [9.17, 15) is 14.4 Å². The number of Topliss-reactive ketones (excluding diaryl/α,β-unsaturated/α-hetero) is 1. The number of carbonyl (C=O) groups excluding carboxylic acids is 3. The second kappa shape index (κ2) is 4.00. The van der Waals surface area contributed by atoms with E-state index in [-0.39, 0.29) is 17.6 Å². The third-order valence-corrected chi connectivity index (χ3v) is 3.06. The zero-order chi connectivity index (χ0) is 10.8. The fourth-order valence-electron chi connectivity index (χ4n) is 2.21. The number of amides is 3. The van der Waals surface area contributed by atoms with Gasteiger partial charge in [-0.2, -0.15) is 0 Å². The van der Waals surface area contributed by atoms with Crippen molar-refractivity contribution in [1.82, 2.24) is 10.6 Å². The molecule has 0 aromatic carbocycles. The minimum atomic E-state index is -0.510. The van der Waals surface area contributed by atoms with E-state index in [1.807, 2.05) is 0 Å². The molecular weight excluding hydrogens is 196 g/mol. The summed E-state index contributed by atoms with van der Waals surface area (Å²) in [7, 11) is 0. The van der Waals surface area contributed by atoms with Crippen LogP contribution >= 0.6 is 0 Å². The van der Waals surface area contributed by atoms with Gasteiger partial charge in [0.1, 0.15) is 11.8 Å². The Morgan fingerprint density at radius 2 is 2.00 bits per heavy atom. The molecule has 0 aromatic heterocycles. The van der Waals surface area contributed by atoms with Gasteiger partial charge in [-0.25, -0.2) is 4.79 Å². The largest absolute Gasteiger partial charge is 0.326 e. The van der Waals surface area contributed by atoms with Crippen LogP contribution in [0.3, 0.4) is 0 Å². The van der Waals surface area contributed by atoms with Gasteiger partial charge in [0, 0.05) is 12.3 Å². The van der Waals surface area contributed by atoms with Crippen LogP contribution in [0, 0.1) is 5.92 Å². The summed E-state index contributed by atoms with van der Waals surface area (Å²) in [5, 5.41) is 4.69. The predicted molar refractivity (Wildman–Crippen MR) is 52.0 cm³/mol. The van der Waals surface area contributed by atoms with Crippen LogP contribution in [0.4, 0.5) is 4.79 Å². The van der Waals surface area contributed by atoms with E-state index in [4.69, 9.17) is 0 Å². The maximum Gasteiger partial charge on any atom is 0.322 e. The van der Waals surface area contributed by atoms with Crippen molar-refractivity contribution in [3.63, 3.8) is 0 Å². The maximum absolute atomic E-state index is 11.5. The van der Waals surface area contributed by atoms with Crippen molar-refractivity contribution in [2.45, 2.75) is 38.1 Å². The van der Waals surface area contributed by atoms with Crippen molar-refractivity contribution in [2.24, 2.45) is 5.92 Å². The van der Waals surface area contributed by atoms with E-state index < -0.39 is 12.1 Å². The van der Waals surface area contributed by atoms with Crippen LogP contribution in [0.2, 0.25) is 0 Å². The summed E-state index contributed by atoms with van der Waals surface area (Å²) < 4.78 is 0. The van der Waals surface area contributed by atoms with Gasteiger partial charge >= 0.3 is 6.03 Å². The van der Waals surface area contributed by atoms with E-state index in [1.54, 1.807) is 0 Å². The first-order chi connectivity index (χ1) is 7.16. The Morgan fingerprint density at radius 1 is 1.20 bits per heavy atom. The molecule has 0 radical (unpaired) electrons. The van der Waals surface area contributed by atoms with Gasteiger partial charge < -0.3 is 5.32 Å². The molecule has 0 spiro atoms. The van der Waals surface area contributed by atoms with Crippen LogP contribution in [0.1, 0.15) is 32.1 Å². The maximum atomic E-state index is 11.5. The highest BCUT2D eigenvalue weighted by atomic mass is 16.2. The molecule has 1 saturated carbocycles. The third-order valence-electron chi connectivity index (χ3n) is 3.06. The minimum absolute atomic E-state index is 0.0482. The molecule has 82 valence electrons. The Morgan fingerprint density at radius 3 is 2.60 bits per heavy atom. The molecule has 0 bridgehead atoms. The average molecular weight is 210 g/mol. The molecule has 5 heteroatoms. The molecule has 0 aromatic rings. The zero-order valence-electron chi connectivity index (χ0n) is 8.41. The highest BCUT2D eigenvalue weighted by Crippen LogP contribution is 2.25. The summed E-state index contributed by atoms with van der Waals surface area (Å²) >= 11 is 0. The van der Waals surface area contributed by atoms with Gasteiger partial charge in [0.15, 0.2) is 0 Å². The summed E-state index contributed by atoms with van der Waals surface area (Å²) in [6.45, 7) is 0. The van der Waals surface area contributed by atoms with Crippen molar-refractivity contribution in [2.75, 3.05) is 0 Å². The summed E-state index contributed by atoms with van der Waals surface area (Å²) in [5.41, 5.74) is 0. The third kappa shape index (κ3) is 2.16. The van der Waals surface area contributed by atoms with Crippen molar-refractivity contribution in [1.29, 1.82) is 0 Å². The van der Waals surface area contributed by atoms with Crippen LogP contribution in [-0.2, 0) is 9.59 Å². The van der Waals surface area contributed by atoms with Gasteiger partial charge in [0.2, 0.25) is 0 Å². The van der Waals surface area contributed by atoms with Gasteiger partial charge in [0.05, 0.1) is 0 Å². The molecule has 2 atom stereocenters. The lowest BCUT2D eigenvalue weighted by atomic mass is 9.84. The van der Waals surface area contributed by atoms with E-state index in [2.05, 4.69) is 10.6 Å². The summed E-state index contributed by atoms with van der Waals surface area (Å²) in [4.78, 5) is 33.6. The molecule has 2 N–H and O–H groups in total. The second-order valence-corrected chi connectivity index (χ2v) is 4.16. The van der Waals surface area contributed by atoms with Gasteiger partial charge in [-0.1, -0.05) is 6.42 Å². The summed E-state index contributed by atoms with van der Waals surface area (Å²) in [6, 6.07) is -0.960. The number of hydrogen-bond donors (Lipinski definition) is 2. The normalized spacial score (nSPS) is 31.3. The van der Waals surface area contributed by atoms with Gasteiger partial charge in [-0.3, -0.25) is 14.9 Å². The Bertz CT molecular complexity index is 314. The fraction of sp³-hybridized carbons (Fsp3) is 0.700. The minimum Gasteiger partial charge on any atom is -0.326 e. The van der Waals surface area contributed by atoms with E-state index in [0.717, 1.165) is 19.3 Å². The van der Waals surface area contributed by atoms with Gasteiger partial charge in [-0.15, -0.1) is 0 Å². The summed E-state index contributed by atoms with van der Waals surface area (Å²) in [5.74, 6) is -0.124. The monoisotopic (exact) mass is 210 g/mol. The smallest absolute Gasteiger partial charge is 0.322 e. The van der Waals surface area contributed by atoms with Crippen LogP contribution < -0.4 is 10.6 Å². The fourth-order valence-corrected chi connectivity index (χ4v) is 2.21. The van der Waals surface area contributed by atoms with E-state index >= 15 is 0 Å². The first-order valence-corrected chi connectivity index (χ1v) is 5.31. The molecule has 5 nitrogen and oxygen atoms in total. The first kappa shape index (κ1) is 10.1.